The molecule has 4 rings (SSSR count). The molecule has 0 saturated carbocycles. The molecule has 0 unspecified atom stereocenters. The van der Waals surface area contributed by atoms with Crippen LogP contribution in [0.15, 0.2) is 46.7 Å². The van der Waals surface area contributed by atoms with Gasteiger partial charge in [0, 0.05) is 17.2 Å². The van der Waals surface area contributed by atoms with Crippen LogP contribution in [0.25, 0.3) is 11.3 Å². The molecule has 3 heterocycles. The predicted octanol–water partition coefficient (Wildman–Crippen LogP) is 3.52. The molecule has 0 spiro atoms. The van der Waals surface area contributed by atoms with Crippen LogP contribution >= 0.6 is 11.8 Å². The van der Waals surface area contributed by atoms with Crippen LogP contribution in [-0.2, 0) is 9.47 Å². The highest BCUT2D eigenvalue weighted by molar-refractivity contribution is 7.99. The van der Waals surface area contributed by atoms with Crippen LogP contribution < -0.4 is 0 Å². The molecule has 26 heavy (non-hydrogen) atoms. The van der Waals surface area contributed by atoms with Gasteiger partial charge in [0.05, 0.1) is 18.4 Å². The van der Waals surface area contributed by atoms with Gasteiger partial charge >= 0.3 is 0 Å². The van der Waals surface area contributed by atoms with E-state index < -0.39 is 12.7 Å². The number of nitrogens with zero attached hydrogens (tertiary/aromatic N) is 3. The van der Waals surface area contributed by atoms with Gasteiger partial charge in [0.15, 0.2) is 5.16 Å². The zero-order valence-corrected chi connectivity index (χ0v) is 14.3. The first-order valence-corrected chi connectivity index (χ1v) is 8.89. The van der Waals surface area contributed by atoms with Crippen molar-refractivity contribution >= 4 is 17.5 Å². The maximum atomic E-state index is 13.3. The fourth-order valence-corrected chi connectivity index (χ4v) is 4.06. The molecule has 1 aromatic carbocycles. The number of oxime groups is 1. The van der Waals surface area contributed by atoms with Crippen LogP contribution in [0.3, 0.4) is 0 Å². The van der Waals surface area contributed by atoms with Crippen molar-refractivity contribution in [3.8, 4) is 11.3 Å². The first-order valence-electron chi connectivity index (χ1n) is 8.01. The molecule has 9 heteroatoms. The minimum absolute atomic E-state index is 0.184. The maximum absolute atomic E-state index is 13.3. The number of fused-ring (bicyclic) bond motifs is 2. The summed E-state index contributed by atoms with van der Waals surface area (Å²) >= 11 is 1.23. The van der Waals surface area contributed by atoms with Crippen molar-refractivity contribution in [3.05, 3.63) is 42.1 Å². The number of thioether (sulfide) groups is 1. The number of alkyl halides is 2. The third kappa shape index (κ3) is 3.42. The lowest BCUT2D eigenvalue weighted by molar-refractivity contribution is -0.0169. The van der Waals surface area contributed by atoms with E-state index in [1.807, 2.05) is 30.3 Å². The fraction of sp³-hybridized carbons (Fsp3) is 0.353. The molecule has 0 aliphatic carbocycles. The molecular weight excluding hydrogens is 364 g/mol. The minimum atomic E-state index is -2.70. The first kappa shape index (κ1) is 17.3. The summed E-state index contributed by atoms with van der Waals surface area (Å²) in [5.74, 6) is 0. The quantitative estimate of drug-likeness (QED) is 0.498. The van der Waals surface area contributed by atoms with Gasteiger partial charge in [-0.1, -0.05) is 47.2 Å². The Morgan fingerprint density at radius 3 is 2.77 bits per heavy atom. The van der Waals surface area contributed by atoms with Gasteiger partial charge in [0.2, 0.25) is 6.29 Å². The number of hydrogen-bond donors (Lipinski definition) is 1. The van der Waals surface area contributed by atoms with Crippen molar-refractivity contribution in [3.63, 3.8) is 0 Å². The number of rotatable bonds is 4. The fourth-order valence-electron chi connectivity index (χ4n) is 2.93. The molecule has 2 aromatic rings. The van der Waals surface area contributed by atoms with Crippen molar-refractivity contribution in [1.29, 1.82) is 0 Å². The predicted molar refractivity (Wildman–Crippen MR) is 90.5 cm³/mol. The van der Waals surface area contributed by atoms with E-state index in [1.165, 1.54) is 17.8 Å². The molecule has 3 atom stereocenters. The molecule has 0 amide bonds. The van der Waals surface area contributed by atoms with Crippen LogP contribution in [0.1, 0.15) is 18.5 Å². The van der Waals surface area contributed by atoms with E-state index in [0.717, 1.165) is 5.56 Å². The second-order valence-electron chi connectivity index (χ2n) is 5.92. The average molecular weight is 379 g/mol. The van der Waals surface area contributed by atoms with Crippen LogP contribution in [0.4, 0.5) is 8.78 Å². The van der Waals surface area contributed by atoms with Crippen molar-refractivity contribution < 1.29 is 23.5 Å². The molecule has 136 valence electrons. The largest absolute Gasteiger partial charge is 0.411 e. The number of hydrogen-bond acceptors (Lipinski definition) is 7. The summed E-state index contributed by atoms with van der Waals surface area (Å²) in [4.78, 5) is 8.42. The van der Waals surface area contributed by atoms with Gasteiger partial charge in [-0.2, -0.15) is 0 Å². The normalized spacial score (nSPS) is 26.6. The van der Waals surface area contributed by atoms with E-state index >= 15 is 0 Å². The lowest BCUT2D eigenvalue weighted by Crippen LogP contribution is -2.37. The summed E-state index contributed by atoms with van der Waals surface area (Å²) in [7, 11) is 0. The third-order valence-electron chi connectivity index (χ3n) is 4.21. The topological polar surface area (TPSA) is 76.8 Å². The van der Waals surface area contributed by atoms with Gasteiger partial charge in [0.25, 0.3) is 6.43 Å². The SMILES string of the molecule is O/N=C1\C[C@@H](Sc2nc(-c3ccccc3)cc(C(F)F)n2)[C@H]2CO[C@H]1O2. The lowest BCUT2D eigenvalue weighted by atomic mass is 10.1. The van der Waals surface area contributed by atoms with E-state index in [2.05, 4.69) is 15.1 Å². The molecule has 0 radical (unpaired) electrons. The van der Waals surface area contributed by atoms with E-state index in [0.29, 0.717) is 24.4 Å². The highest BCUT2D eigenvalue weighted by atomic mass is 32.2. The third-order valence-corrected chi connectivity index (χ3v) is 5.38. The Kier molecular flexibility index (Phi) is 4.84. The van der Waals surface area contributed by atoms with Crippen LogP contribution in [0.2, 0.25) is 0 Å². The highest BCUT2D eigenvalue weighted by Crippen LogP contribution is 2.37. The summed E-state index contributed by atoms with van der Waals surface area (Å²) < 4.78 is 37.6. The molecule has 1 N–H and O–H groups in total. The molecular formula is C17H15F2N3O3S. The summed E-state index contributed by atoms with van der Waals surface area (Å²) in [6.07, 6.45) is -3.14. The highest BCUT2D eigenvalue weighted by Gasteiger charge is 2.43. The Morgan fingerprint density at radius 1 is 1.23 bits per heavy atom. The van der Waals surface area contributed by atoms with Crippen molar-refractivity contribution in [2.24, 2.45) is 5.16 Å². The molecule has 6 nitrogen and oxygen atoms in total. The van der Waals surface area contributed by atoms with E-state index in [1.54, 1.807) is 0 Å². The van der Waals surface area contributed by atoms with Crippen molar-refractivity contribution in [2.45, 2.75) is 35.6 Å². The Balaban J connectivity index is 1.64. The van der Waals surface area contributed by atoms with Gasteiger partial charge in [-0.3, -0.25) is 0 Å². The summed E-state index contributed by atoms with van der Waals surface area (Å²) in [5.41, 5.74) is 1.23. The van der Waals surface area contributed by atoms with Crippen LogP contribution in [-0.4, -0.2) is 45.1 Å². The zero-order valence-electron chi connectivity index (χ0n) is 13.5. The lowest BCUT2D eigenvalue weighted by Gasteiger charge is -2.26. The first-order chi connectivity index (χ1) is 12.6. The van der Waals surface area contributed by atoms with Crippen LogP contribution in [0.5, 0.6) is 0 Å². The Bertz CT molecular complexity index is 822. The minimum Gasteiger partial charge on any atom is -0.411 e. The molecule has 2 aliphatic heterocycles. The smallest absolute Gasteiger partial charge is 0.280 e. The van der Waals surface area contributed by atoms with Crippen molar-refractivity contribution in [1.82, 2.24) is 9.97 Å². The Labute approximate surface area is 152 Å². The monoisotopic (exact) mass is 379 g/mol. The van der Waals surface area contributed by atoms with Gasteiger partial charge in [-0.05, 0) is 6.07 Å². The molecule has 2 saturated heterocycles. The number of halogens is 2. The van der Waals surface area contributed by atoms with E-state index in [4.69, 9.17) is 14.7 Å². The summed E-state index contributed by atoms with van der Waals surface area (Å²) in [6.45, 7) is 0.349. The van der Waals surface area contributed by atoms with E-state index in [9.17, 15) is 8.78 Å². The average Bonchev–Trinajstić information content (AvgIpc) is 3.09. The standard InChI is InChI=1S/C17H15F2N3O3S/c18-15(19)11-6-10(9-4-2-1-3-5-9)20-17(21-11)26-14-7-12(22-23)16-24-8-13(14)25-16/h1-6,13-16,23H,7-8H2/b22-12+/t13-,14-,16+/m1/s1. The summed E-state index contributed by atoms with van der Waals surface area (Å²) in [5, 5.41) is 12.4. The second-order valence-corrected chi connectivity index (χ2v) is 7.13. The maximum Gasteiger partial charge on any atom is 0.280 e. The number of aromatic nitrogens is 2. The van der Waals surface area contributed by atoms with Gasteiger partial charge < -0.3 is 14.7 Å². The number of ether oxygens (including phenoxy) is 2. The Morgan fingerprint density at radius 2 is 2.04 bits per heavy atom. The Hall–Kier alpha value is -2.10. The van der Waals surface area contributed by atoms with Gasteiger partial charge in [0.1, 0.15) is 11.4 Å². The van der Waals surface area contributed by atoms with Crippen LogP contribution in [0, 0.1) is 0 Å². The summed E-state index contributed by atoms with van der Waals surface area (Å²) in [6, 6.07) is 10.4. The van der Waals surface area contributed by atoms with Gasteiger partial charge in [-0.15, -0.1) is 0 Å². The molecule has 2 bridgehead atoms. The molecule has 1 aromatic heterocycles. The van der Waals surface area contributed by atoms with Crippen molar-refractivity contribution in [2.75, 3.05) is 6.61 Å². The zero-order chi connectivity index (χ0) is 18.1. The van der Waals surface area contributed by atoms with Gasteiger partial charge in [-0.25, -0.2) is 18.7 Å². The van der Waals surface area contributed by atoms with E-state index in [-0.39, 0.29) is 22.2 Å². The molecule has 2 aliphatic rings. The molecule has 2 fully saturated rings. The number of benzene rings is 1. The second kappa shape index (κ2) is 7.26.